The molecule has 0 saturated carbocycles. The van der Waals surface area contributed by atoms with Gasteiger partial charge in [0, 0.05) is 48.0 Å². The van der Waals surface area contributed by atoms with Crippen molar-refractivity contribution in [1.82, 2.24) is 14.0 Å². The Bertz CT molecular complexity index is 2220. The average molecular weight is 709 g/mol. The first-order valence-electron chi connectivity index (χ1n) is 12.4. The van der Waals surface area contributed by atoms with Gasteiger partial charge < -0.3 is 8.82 Å². The maximum atomic E-state index is 13.9. The van der Waals surface area contributed by atoms with Crippen molar-refractivity contribution in [3.63, 3.8) is 0 Å². The number of aromatic nitrogens is 3. The van der Waals surface area contributed by atoms with Crippen molar-refractivity contribution in [3.8, 4) is 22.4 Å². The van der Waals surface area contributed by atoms with Gasteiger partial charge in [0.1, 0.15) is 0 Å². The number of hydrogen-bond donors (Lipinski definition) is 0. The van der Waals surface area contributed by atoms with Gasteiger partial charge in [0.2, 0.25) is 0 Å². The monoisotopic (exact) mass is 709 g/mol. The molecule has 8 heteroatoms. The van der Waals surface area contributed by atoms with Crippen molar-refractivity contribution >= 4 is 49.3 Å². The third-order valence-electron chi connectivity index (χ3n) is 7.38. The van der Waals surface area contributed by atoms with Gasteiger partial charge in [-0.2, -0.15) is 0 Å². The third kappa shape index (κ3) is 3.53. The number of imidazole rings is 1. The number of nitrogens with zero attached hydrogens (tertiary/aromatic N) is 3. The van der Waals surface area contributed by atoms with Crippen LogP contribution in [0.4, 0.5) is 13.2 Å². The molecule has 0 N–H and O–H groups in total. The summed E-state index contributed by atoms with van der Waals surface area (Å²) < 4.78 is 49.9. The maximum absolute atomic E-state index is 13.9. The number of fused-ring (bicyclic) bond motifs is 9. The fraction of sp³-hybridized carbons (Fsp3) is 0.0312. The molecule has 0 spiro atoms. The van der Waals surface area contributed by atoms with E-state index in [1.807, 2.05) is 65.2 Å². The Morgan fingerprint density at radius 3 is 2.27 bits per heavy atom. The molecule has 4 aromatic carbocycles. The van der Waals surface area contributed by atoms with Crippen molar-refractivity contribution in [2.75, 3.05) is 0 Å². The first-order valence-corrected chi connectivity index (χ1v) is 12.4. The zero-order chi connectivity index (χ0) is 26.3. The second kappa shape index (κ2) is 8.81. The number of pyridine rings is 1. The van der Waals surface area contributed by atoms with E-state index < -0.39 is 6.30 Å². The molecule has 4 aromatic heterocycles. The summed E-state index contributed by atoms with van der Waals surface area (Å²) in [5.74, 6) is 0. The number of rotatable bonds is 2. The molecule has 197 valence electrons. The van der Waals surface area contributed by atoms with Crippen molar-refractivity contribution < 1.29 is 37.7 Å². The second-order valence-electron chi connectivity index (χ2n) is 9.55. The SMILES string of the molecule is FC(F)(F)n1c2ccccc2c2cc(-c3ccc(-c4cn5c(n4)c4[c-]cccc4c4ccoc45)cc3)ccc21.[Ir]. The minimum absolute atomic E-state index is 0. The third-order valence-corrected chi connectivity index (χ3v) is 7.38. The molecule has 0 amide bonds. The Morgan fingerprint density at radius 1 is 0.725 bits per heavy atom. The molecule has 8 rings (SSSR count). The first kappa shape index (κ1) is 24.6. The molecule has 1 radical (unpaired) electrons. The van der Waals surface area contributed by atoms with E-state index in [-0.39, 0.29) is 31.1 Å². The topological polar surface area (TPSA) is 35.4 Å². The largest absolute Gasteiger partial charge is 0.489 e. The molecule has 0 aliphatic rings. The van der Waals surface area contributed by atoms with E-state index in [1.165, 1.54) is 6.07 Å². The normalized spacial score (nSPS) is 12.2. The first-order chi connectivity index (χ1) is 19.0. The van der Waals surface area contributed by atoms with Gasteiger partial charge in [0.05, 0.1) is 28.6 Å². The molecule has 0 fully saturated rings. The van der Waals surface area contributed by atoms with E-state index in [0.717, 1.165) is 49.9 Å². The van der Waals surface area contributed by atoms with Crippen LogP contribution < -0.4 is 0 Å². The van der Waals surface area contributed by atoms with Gasteiger partial charge in [0.15, 0.2) is 5.71 Å². The van der Waals surface area contributed by atoms with Gasteiger partial charge in [0.25, 0.3) is 0 Å². The molecule has 0 unspecified atom stereocenters. The zero-order valence-electron chi connectivity index (χ0n) is 20.5. The molecule has 8 aromatic rings. The van der Waals surface area contributed by atoms with E-state index in [2.05, 4.69) is 6.07 Å². The van der Waals surface area contributed by atoms with Gasteiger partial charge in [-0.05, 0) is 35.4 Å². The summed E-state index contributed by atoms with van der Waals surface area (Å²) >= 11 is 0. The van der Waals surface area contributed by atoms with Crippen LogP contribution in [0.25, 0.3) is 71.7 Å². The fourth-order valence-corrected chi connectivity index (χ4v) is 5.65. The minimum Gasteiger partial charge on any atom is -0.449 e. The van der Waals surface area contributed by atoms with E-state index in [0.29, 0.717) is 15.3 Å². The number of alkyl halides is 3. The smallest absolute Gasteiger partial charge is 0.449 e. The summed E-state index contributed by atoms with van der Waals surface area (Å²) in [5, 5.41) is 4.08. The molecule has 0 saturated heterocycles. The summed E-state index contributed by atoms with van der Waals surface area (Å²) in [4.78, 5) is 4.91. The van der Waals surface area contributed by atoms with Crippen LogP contribution in [0.1, 0.15) is 0 Å². The van der Waals surface area contributed by atoms with Gasteiger partial charge in [-0.25, -0.2) is 0 Å². The summed E-state index contributed by atoms with van der Waals surface area (Å²) in [7, 11) is 0. The number of para-hydroxylation sites is 1. The van der Waals surface area contributed by atoms with E-state index >= 15 is 0 Å². The Labute approximate surface area is 238 Å². The standard InChI is InChI=1S/C32H17F3N3O.Ir/c33-32(34,35)38-28-8-4-3-6-23(28)26-17-21(13-14-29(26)38)19-9-11-20(12-10-19)27-18-37-30(36-27)24-7-2-1-5-22(24)25-15-16-39-31(25)37;/h1-6,8-18H;/q-1;. The Balaban J connectivity index is 0.00000264. The second-order valence-corrected chi connectivity index (χ2v) is 9.55. The van der Waals surface area contributed by atoms with Crippen molar-refractivity contribution in [1.29, 1.82) is 0 Å². The van der Waals surface area contributed by atoms with Crippen molar-refractivity contribution in [2.45, 2.75) is 6.30 Å². The molecular weight excluding hydrogens is 692 g/mol. The molecule has 0 bridgehead atoms. The predicted octanol–water partition coefficient (Wildman–Crippen LogP) is 8.95. The van der Waals surface area contributed by atoms with Gasteiger partial charge in [-0.15, -0.1) is 37.4 Å². The van der Waals surface area contributed by atoms with Crippen LogP contribution in [0.15, 0.2) is 108 Å². The van der Waals surface area contributed by atoms with Gasteiger partial charge in [-0.1, -0.05) is 59.3 Å². The zero-order valence-corrected chi connectivity index (χ0v) is 22.9. The number of halogens is 3. The van der Waals surface area contributed by atoms with Crippen LogP contribution in [0, 0.1) is 6.07 Å². The molecule has 0 aliphatic carbocycles. The van der Waals surface area contributed by atoms with E-state index in [1.54, 1.807) is 36.6 Å². The Hall–Kier alpha value is -4.39. The molecule has 0 atom stereocenters. The van der Waals surface area contributed by atoms with E-state index in [9.17, 15) is 13.2 Å². The van der Waals surface area contributed by atoms with Crippen molar-refractivity contribution in [2.24, 2.45) is 0 Å². The summed E-state index contributed by atoms with van der Waals surface area (Å²) in [6, 6.07) is 30.7. The van der Waals surface area contributed by atoms with Crippen LogP contribution in [0.5, 0.6) is 0 Å². The Morgan fingerprint density at radius 2 is 1.45 bits per heavy atom. The molecule has 40 heavy (non-hydrogen) atoms. The van der Waals surface area contributed by atoms with Crippen LogP contribution in [0.2, 0.25) is 0 Å². The van der Waals surface area contributed by atoms with Crippen LogP contribution in [0.3, 0.4) is 0 Å². The fourth-order valence-electron chi connectivity index (χ4n) is 5.65. The van der Waals surface area contributed by atoms with Gasteiger partial charge >= 0.3 is 6.30 Å². The summed E-state index contributed by atoms with van der Waals surface area (Å²) in [5.41, 5.74) is 5.22. The van der Waals surface area contributed by atoms with Gasteiger partial charge in [-0.3, -0.25) is 9.55 Å². The Kier molecular flexibility index (Phi) is 5.43. The van der Waals surface area contributed by atoms with Crippen molar-refractivity contribution in [3.05, 3.63) is 110 Å². The molecule has 0 aliphatic heterocycles. The van der Waals surface area contributed by atoms with Crippen LogP contribution in [-0.4, -0.2) is 14.0 Å². The van der Waals surface area contributed by atoms with Crippen LogP contribution >= 0.6 is 0 Å². The molecule has 4 heterocycles. The minimum atomic E-state index is -4.51. The quantitative estimate of drug-likeness (QED) is 0.168. The summed E-state index contributed by atoms with van der Waals surface area (Å²) in [6.45, 7) is 0. The number of benzene rings is 4. The molecular formula is C32H17F3IrN3O-. The average Bonchev–Trinajstić information content (AvgIpc) is 3.68. The van der Waals surface area contributed by atoms with E-state index in [4.69, 9.17) is 9.40 Å². The molecule has 4 nitrogen and oxygen atoms in total. The number of furan rings is 1. The summed E-state index contributed by atoms with van der Waals surface area (Å²) in [6.07, 6.45) is -0.884. The maximum Gasteiger partial charge on any atom is 0.489 e. The number of hydrogen-bond acceptors (Lipinski definition) is 2. The van der Waals surface area contributed by atoms with Crippen LogP contribution in [-0.2, 0) is 26.4 Å². The predicted molar refractivity (Wildman–Crippen MR) is 146 cm³/mol.